The van der Waals surface area contributed by atoms with E-state index in [0.29, 0.717) is 6.04 Å². The molecule has 0 radical (unpaired) electrons. The third-order valence-electron chi connectivity index (χ3n) is 4.68. The number of aryl methyl sites for hydroxylation is 1. The normalized spacial score (nSPS) is 23.1. The predicted molar refractivity (Wildman–Crippen MR) is 84.0 cm³/mol. The Morgan fingerprint density at radius 1 is 1.00 bits per heavy atom. The molecule has 3 nitrogen and oxygen atoms in total. The van der Waals surface area contributed by atoms with Crippen molar-refractivity contribution in [2.75, 3.05) is 45.8 Å². The summed E-state index contributed by atoms with van der Waals surface area (Å²) in [6.07, 6.45) is 2.75. The average Bonchev–Trinajstić information content (AvgIpc) is 3.00. The first-order chi connectivity index (χ1) is 9.83. The van der Waals surface area contributed by atoms with Crippen molar-refractivity contribution in [3.8, 4) is 0 Å². The van der Waals surface area contributed by atoms with Crippen LogP contribution >= 0.6 is 0 Å². The fourth-order valence-corrected chi connectivity index (χ4v) is 3.42. The molecule has 1 aromatic rings. The van der Waals surface area contributed by atoms with Gasteiger partial charge in [0.1, 0.15) is 0 Å². The number of piperazine rings is 1. The van der Waals surface area contributed by atoms with Gasteiger partial charge in [-0.2, -0.15) is 0 Å². The first-order valence-corrected chi connectivity index (χ1v) is 8.06. The van der Waals surface area contributed by atoms with E-state index >= 15 is 0 Å². The van der Waals surface area contributed by atoms with E-state index in [1.165, 1.54) is 56.7 Å². The first-order valence-electron chi connectivity index (χ1n) is 8.06. The lowest BCUT2D eigenvalue weighted by molar-refractivity contribution is 0.135. The number of hydrogen-bond donors (Lipinski definition) is 1. The molecule has 2 aliphatic rings. The lowest BCUT2D eigenvalue weighted by Crippen LogP contribution is -2.47. The first kappa shape index (κ1) is 14.1. The van der Waals surface area contributed by atoms with Crippen LogP contribution in [0, 0.1) is 6.92 Å². The fraction of sp³-hybridized carbons (Fsp3) is 0.647. The van der Waals surface area contributed by atoms with E-state index in [1.807, 2.05) is 0 Å². The highest BCUT2D eigenvalue weighted by molar-refractivity contribution is 5.24. The standard InChI is InChI=1S/C17H27N3/c1-15-4-6-16(7-5-15)17(14-19-10-2-3-11-19)20-12-8-18-9-13-20/h4-7,17-18H,2-3,8-14H2,1H3. The monoisotopic (exact) mass is 273 g/mol. The molecule has 2 saturated heterocycles. The van der Waals surface area contributed by atoms with Gasteiger partial charge >= 0.3 is 0 Å². The number of rotatable bonds is 4. The van der Waals surface area contributed by atoms with Crippen molar-refractivity contribution >= 4 is 0 Å². The summed E-state index contributed by atoms with van der Waals surface area (Å²) in [5, 5.41) is 3.47. The van der Waals surface area contributed by atoms with Crippen molar-refractivity contribution in [3.05, 3.63) is 35.4 Å². The minimum Gasteiger partial charge on any atom is -0.314 e. The molecule has 2 fully saturated rings. The van der Waals surface area contributed by atoms with Crippen LogP contribution in [0.4, 0.5) is 0 Å². The molecule has 110 valence electrons. The molecule has 0 bridgehead atoms. The van der Waals surface area contributed by atoms with Crippen molar-refractivity contribution in [3.63, 3.8) is 0 Å². The van der Waals surface area contributed by atoms with Gasteiger partial charge in [0.05, 0.1) is 0 Å². The predicted octanol–water partition coefficient (Wildman–Crippen LogP) is 2.04. The fourth-order valence-electron chi connectivity index (χ4n) is 3.42. The molecule has 1 atom stereocenters. The summed E-state index contributed by atoms with van der Waals surface area (Å²) in [7, 11) is 0. The Bertz CT molecular complexity index is 403. The maximum Gasteiger partial charge on any atom is 0.0476 e. The van der Waals surface area contributed by atoms with Crippen LogP contribution in [-0.4, -0.2) is 55.6 Å². The van der Waals surface area contributed by atoms with Gasteiger partial charge < -0.3 is 10.2 Å². The molecule has 1 aromatic carbocycles. The zero-order valence-corrected chi connectivity index (χ0v) is 12.6. The Hall–Kier alpha value is -0.900. The topological polar surface area (TPSA) is 18.5 Å². The smallest absolute Gasteiger partial charge is 0.0476 e. The maximum atomic E-state index is 3.47. The van der Waals surface area contributed by atoms with Crippen molar-refractivity contribution in [2.45, 2.75) is 25.8 Å². The van der Waals surface area contributed by atoms with Gasteiger partial charge in [-0.25, -0.2) is 0 Å². The second-order valence-electron chi connectivity index (χ2n) is 6.22. The van der Waals surface area contributed by atoms with Crippen LogP contribution in [0.2, 0.25) is 0 Å². The van der Waals surface area contributed by atoms with Gasteiger partial charge in [-0.3, -0.25) is 4.90 Å². The maximum absolute atomic E-state index is 3.47. The minimum atomic E-state index is 0.566. The Balaban J connectivity index is 1.75. The third kappa shape index (κ3) is 3.40. The highest BCUT2D eigenvalue weighted by Gasteiger charge is 2.25. The van der Waals surface area contributed by atoms with Gasteiger partial charge in [0.15, 0.2) is 0 Å². The molecule has 3 heteroatoms. The Kier molecular flexibility index (Phi) is 4.71. The summed E-state index contributed by atoms with van der Waals surface area (Å²) in [5.74, 6) is 0. The van der Waals surface area contributed by atoms with Gasteiger partial charge in [-0.1, -0.05) is 29.8 Å². The van der Waals surface area contributed by atoms with Crippen molar-refractivity contribution in [1.29, 1.82) is 0 Å². The summed E-state index contributed by atoms with van der Waals surface area (Å²) < 4.78 is 0. The average molecular weight is 273 g/mol. The van der Waals surface area contributed by atoms with Gasteiger partial charge in [0.25, 0.3) is 0 Å². The lowest BCUT2D eigenvalue weighted by atomic mass is 10.0. The lowest BCUT2D eigenvalue weighted by Gasteiger charge is -2.37. The van der Waals surface area contributed by atoms with Crippen LogP contribution in [0.5, 0.6) is 0 Å². The summed E-state index contributed by atoms with van der Waals surface area (Å²) in [4.78, 5) is 5.31. The number of hydrogen-bond acceptors (Lipinski definition) is 3. The van der Waals surface area contributed by atoms with Gasteiger partial charge in [-0.05, 0) is 38.4 Å². The van der Waals surface area contributed by atoms with E-state index in [9.17, 15) is 0 Å². The Morgan fingerprint density at radius 3 is 2.30 bits per heavy atom. The van der Waals surface area contributed by atoms with Crippen molar-refractivity contribution in [1.82, 2.24) is 15.1 Å². The molecule has 3 rings (SSSR count). The second kappa shape index (κ2) is 6.70. The van der Waals surface area contributed by atoms with Gasteiger partial charge in [0.2, 0.25) is 0 Å². The van der Waals surface area contributed by atoms with Crippen LogP contribution in [0.1, 0.15) is 30.0 Å². The molecular formula is C17H27N3. The third-order valence-corrected chi connectivity index (χ3v) is 4.68. The van der Waals surface area contributed by atoms with E-state index in [2.05, 4.69) is 46.3 Å². The highest BCUT2D eigenvalue weighted by atomic mass is 15.3. The second-order valence-corrected chi connectivity index (χ2v) is 6.22. The largest absolute Gasteiger partial charge is 0.314 e. The van der Waals surface area contributed by atoms with E-state index in [0.717, 1.165) is 13.1 Å². The van der Waals surface area contributed by atoms with E-state index in [1.54, 1.807) is 0 Å². The van der Waals surface area contributed by atoms with Crippen LogP contribution in [0.3, 0.4) is 0 Å². The molecule has 1 N–H and O–H groups in total. The number of benzene rings is 1. The summed E-state index contributed by atoms with van der Waals surface area (Å²) in [5.41, 5.74) is 2.85. The molecule has 2 aliphatic heterocycles. The minimum absolute atomic E-state index is 0.566. The Morgan fingerprint density at radius 2 is 1.65 bits per heavy atom. The van der Waals surface area contributed by atoms with Crippen molar-refractivity contribution < 1.29 is 0 Å². The molecule has 1 unspecified atom stereocenters. The summed E-state index contributed by atoms with van der Waals surface area (Å²) in [6, 6.07) is 9.75. The molecule has 20 heavy (non-hydrogen) atoms. The zero-order chi connectivity index (χ0) is 13.8. The molecule has 0 saturated carbocycles. The summed E-state index contributed by atoms with van der Waals surface area (Å²) in [6.45, 7) is 10.5. The number of likely N-dealkylation sites (tertiary alicyclic amines) is 1. The van der Waals surface area contributed by atoms with Crippen LogP contribution in [0.15, 0.2) is 24.3 Å². The van der Waals surface area contributed by atoms with E-state index in [4.69, 9.17) is 0 Å². The quantitative estimate of drug-likeness (QED) is 0.905. The van der Waals surface area contributed by atoms with Crippen LogP contribution in [0.25, 0.3) is 0 Å². The van der Waals surface area contributed by atoms with E-state index in [-0.39, 0.29) is 0 Å². The molecular weight excluding hydrogens is 246 g/mol. The molecule has 2 heterocycles. The zero-order valence-electron chi connectivity index (χ0n) is 12.6. The number of nitrogens with one attached hydrogen (secondary N) is 1. The SMILES string of the molecule is Cc1ccc(C(CN2CCCC2)N2CCNCC2)cc1. The number of nitrogens with zero attached hydrogens (tertiary/aromatic N) is 2. The molecule has 0 amide bonds. The van der Waals surface area contributed by atoms with Crippen molar-refractivity contribution in [2.24, 2.45) is 0 Å². The molecule has 0 aromatic heterocycles. The summed E-state index contributed by atoms with van der Waals surface area (Å²) >= 11 is 0. The van der Waals surface area contributed by atoms with Gasteiger partial charge in [-0.15, -0.1) is 0 Å². The van der Waals surface area contributed by atoms with Crippen LogP contribution in [-0.2, 0) is 0 Å². The highest BCUT2D eigenvalue weighted by Crippen LogP contribution is 2.24. The Labute approximate surface area is 123 Å². The van der Waals surface area contributed by atoms with Gasteiger partial charge in [0, 0.05) is 38.8 Å². The van der Waals surface area contributed by atoms with Crippen LogP contribution < -0.4 is 5.32 Å². The molecule has 0 aliphatic carbocycles. The van der Waals surface area contributed by atoms with E-state index < -0.39 is 0 Å². The molecule has 0 spiro atoms.